The summed E-state index contributed by atoms with van der Waals surface area (Å²) in [5.74, 6) is 1.85. The van der Waals surface area contributed by atoms with E-state index in [-0.39, 0.29) is 0 Å². The molecule has 0 fully saturated rings. The van der Waals surface area contributed by atoms with Crippen LogP contribution in [0.3, 0.4) is 0 Å². The van der Waals surface area contributed by atoms with Crippen LogP contribution in [0.4, 0.5) is 0 Å². The lowest BCUT2D eigenvalue weighted by molar-refractivity contribution is 0.407. The van der Waals surface area contributed by atoms with Crippen molar-refractivity contribution in [2.24, 2.45) is 0 Å². The maximum absolute atomic E-state index is 5.40. The Labute approximate surface area is 164 Å². The molecule has 0 saturated carbocycles. The standard InChI is InChI=1S/C20H28N2O2S2/c1-15(21-13-17-9-5-7-11-19(17)23-3)25-26-16(2)22-14-18-10-6-8-12-20(18)24-4/h5-12,15-16,21-22H,13-14H2,1-4H3. The Morgan fingerprint density at radius 1 is 0.731 bits per heavy atom. The monoisotopic (exact) mass is 392 g/mol. The van der Waals surface area contributed by atoms with Gasteiger partial charge in [-0.3, -0.25) is 0 Å². The van der Waals surface area contributed by atoms with Crippen molar-refractivity contribution in [2.75, 3.05) is 14.2 Å². The van der Waals surface area contributed by atoms with Gasteiger partial charge in [-0.15, -0.1) is 0 Å². The van der Waals surface area contributed by atoms with E-state index < -0.39 is 0 Å². The zero-order valence-corrected chi connectivity index (χ0v) is 17.5. The van der Waals surface area contributed by atoms with Crippen molar-refractivity contribution in [2.45, 2.75) is 37.7 Å². The highest BCUT2D eigenvalue weighted by atomic mass is 33.1. The van der Waals surface area contributed by atoms with Crippen LogP contribution in [-0.2, 0) is 13.1 Å². The quantitative estimate of drug-likeness (QED) is 0.428. The minimum Gasteiger partial charge on any atom is -0.496 e. The van der Waals surface area contributed by atoms with Gasteiger partial charge in [0.05, 0.1) is 25.0 Å². The fraction of sp³-hybridized carbons (Fsp3) is 0.400. The van der Waals surface area contributed by atoms with Gasteiger partial charge in [0.15, 0.2) is 0 Å². The lowest BCUT2D eigenvalue weighted by atomic mass is 10.2. The van der Waals surface area contributed by atoms with Crippen molar-refractivity contribution in [1.82, 2.24) is 10.6 Å². The Kier molecular flexibility index (Phi) is 9.18. The number of nitrogens with one attached hydrogen (secondary N) is 2. The largest absolute Gasteiger partial charge is 0.496 e. The van der Waals surface area contributed by atoms with Crippen molar-refractivity contribution >= 4 is 21.6 Å². The summed E-state index contributed by atoms with van der Waals surface area (Å²) in [5.41, 5.74) is 2.35. The summed E-state index contributed by atoms with van der Waals surface area (Å²) < 4.78 is 10.8. The van der Waals surface area contributed by atoms with Crippen LogP contribution >= 0.6 is 21.6 Å². The summed E-state index contributed by atoms with van der Waals surface area (Å²) in [7, 11) is 7.09. The summed E-state index contributed by atoms with van der Waals surface area (Å²) in [6, 6.07) is 16.2. The molecule has 0 aliphatic heterocycles. The van der Waals surface area contributed by atoms with Crippen molar-refractivity contribution < 1.29 is 9.47 Å². The fourth-order valence-corrected chi connectivity index (χ4v) is 4.48. The van der Waals surface area contributed by atoms with E-state index in [2.05, 4.69) is 36.6 Å². The van der Waals surface area contributed by atoms with Crippen LogP contribution in [0.5, 0.6) is 11.5 Å². The predicted octanol–water partition coefficient (Wildman–Crippen LogP) is 4.66. The molecule has 0 heterocycles. The first kappa shape index (κ1) is 21.0. The average molecular weight is 393 g/mol. The molecule has 2 atom stereocenters. The Balaban J connectivity index is 1.70. The van der Waals surface area contributed by atoms with Crippen LogP contribution in [0.25, 0.3) is 0 Å². The molecule has 0 saturated heterocycles. The van der Waals surface area contributed by atoms with Gasteiger partial charge in [0.1, 0.15) is 11.5 Å². The first-order valence-electron chi connectivity index (χ1n) is 8.66. The Morgan fingerprint density at radius 2 is 1.12 bits per heavy atom. The molecule has 0 bridgehead atoms. The molecule has 0 aliphatic rings. The van der Waals surface area contributed by atoms with Gasteiger partial charge < -0.3 is 20.1 Å². The summed E-state index contributed by atoms with van der Waals surface area (Å²) in [6.45, 7) is 5.95. The lowest BCUT2D eigenvalue weighted by Gasteiger charge is -2.18. The number of benzene rings is 2. The zero-order valence-electron chi connectivity index (χ0n) is 15.8. The highest BCUT2D eigenvalue weighted by Crippen LogP contribution is 2.29. The van der Waals surface area contributed by atoms with E-state index in [0.717, 1.165) is 24.6 Å². The van der Waals surface area contributed by atoms with Crippen molar-refractivity contribution in [3.8, 4) is 11.5 Å². The van der Waals surface area contributed by atoms with E-state index in [1.807, 2.05) is 58.0 Å². The predicted molar refractivity (Wildman–Crippen MR) is 114 cm³/mol. The molecule has 6 heteroatoms. The average Bonchev–Trinajstić information content (AvgIpc) is 2.69. The molecular formula is C20H28N2O2S2. The van der Waals surface area contributed by atoms with Crippen molar-refractivity contribution in [3.63, 3.8) is 0 Å². The molecular weight excluding hydrogens is 364 g/mol. The van der Waals surface area contributed by atoms with Gasteiger partial charge in [-0.1, -0.05) is 58.0 Å². The molecule has 142 valence electrons. The van der Waals surface area contributed by atoms with Gasteiger partial charge in [0.25, 0.3) is 0 Å². The molecule has 2 rings (SSSR count). The summed E-state index contributed by atoms with van der Waals surface area (Å²) in [4.78, 5) is 0. The summed E-state index contributed by atoms with van der Waals surface area (Å²) in [5, 5.41) is 7.74. The molecule has 0 radical (unpaired) electrons. The second kappa shape index (κ2) is 11.4. The smallest absolute Gasteiger partial charge is 0.123 e. The fourth-order valence-electron chi connectivity index (χ4n) is 2.44. The van der Waals surface area contributed by atoms with Crippen LogP contribution in [0.2, 0.25) is 0 Å². The van der Waals surface area contributed by atoms with Crippen molar-refractivity contribution in [3.05, 3.63) is 59.7 Å². The van der Waals surface area contributed by atoms with E-state index in [1.165, 1.54) is 11.1 Å². The topological polar surface area (TPSA) is 42.5 Å². The van der Waals surface area contributed by atoms with E-state index in [4.69, 9.17) is 9.47 Å². The highest BCUT2D eigenvalue weighted by Gasteiger charge is 2.10. The van der Waals surface area contributed by atoms with Crippen LogP contribution in [0, 0.1) is 0 Å². The van der Waals surface area contributed by atoms with Crippen LogP contribution in [-0.4, -0.2) is 25.0 Å². The lowest BCUT2D eigenvalue weighted by Crippen LogP contribution is -2.25. The molecule has 0 aliphatic carbocycles. The number of hydrogen-bond acceptors (Lipinski definition) is 6. The molecule has 26 heavy (non-hydrogen) atoms. The van der Waals surface area contributed by atoms with E-state index in [9.17, 15) is 0 Å². The van der Waals surface area contributed by atoms with Gasteiger partial charge in [-0.05, 0) is 26.0 Å². The van der Waals surface area contributed by atoms with Gasteiger partial charge >= 0.3 is 0 Å². The third-order valence-electron chi connectivity index (χ3n) is 3.89. The molecule has 2 aromatic carbocycles. The molecule has 2 unspecified atom stereocenters. The Hall–Kier alpha value is -1.34. The Bertz CT molecular complexity index is 612. The third kappa shape index (κ3) is 6.76. The zero-order chi connectivity index (χ0) is 18.8. The maximum atomic E-state index is 5.40. The SMILES string of the molecule is COc1ccccc1CNC(C)SSC(C)NCc1ccccc1OC. The minimum atomic E-state index is 0.334. The second-order valence-electron chi connectivity index (χ2n) is 5.86. The molecule has 0 amide bonds. The Morgan fingerprint density at radius 3 is 1.50 bits per heavy atom. The van der Waals surface area contributed by atoms with Gasteiger partial charge in [0.2, 0.25) is 0 Å². The molecule has 4 nitrogen and oxygen atoms in total. The second-order valence-corrected chi connectivity index (χ2v) is 8.82. The molecule has 2 aromatic rings. The molecule has 0 aromatic heterocycles. The number of para-hydroxylation sites is 2. The number of methoxy groups -OCH3 is 2. The van der Waals surface area contributed by atoms with Crippen molar-refractivity contribution in [1.29, 1.82) is 0 Å². The molecule has 0 spiro atoms. The number of hydrogen-bond donors (Lipinski definition) is 2. The highest BCUT2D eigenvalue weighted by molar-refractivity contribution is 8.77. The van der Waals surface area contributed by atoms with Crippen LogP contribution in [0.15, 0.2) is 48.5 Å². The van der Waals surface area contributed by atoms with E-state index in [0.29, 0.717) is 10.7 Å². The first-order chi connectivity index (χ1) is 12.6. The van der Waals surface area contributed by atoms with E-state index in [1.54, 1.807) is 14.2 Å². The number of ether oxygens (including phenoxy) is 2. The van der Waals surface area contributed by atoms with Gasteiger partial charge in [0, 0.05) is 24.2 Å². The molecule has 2 N–H and O–H groups in total. The van der Waals surface area contributed by atoms with Crippen LogP contribution in [0.1, 0.15) is 25.0 Å². The first-order valence-corrected chi connectivity index (χ1v) is 10.9. The minimum absolute atomic E-state index is 0.334. The summed E-state index contributed by atoms with van der Waals surface area (Å²) in [6.07, 6.45) is 0. The van der Waals surface area contributed by atoms with E-state index >= 15 is 0 Å². The summed E-state index contributed by atoms with van der Waals surface area (Å²) >= 11 is 0. The number of rotatable bonds is 11. The van der Waals surface area contributed by atoms with Gasteiger partial charge in [-0.2, -0.15) is 0 Å². The van der Waals surface area contributed by atoms with Gasteiger partial charge in [-0.25, -0.2) is 0 Å². The third-order valence-corrected chi connectivity index (χ3v) is 6.98. The maximum Gasteiger partial charge on any atom is 0.123 e. The van der Waals surface area contributed by atoms with Crippen LogP contribution < -0.4 is 20.1 Å². The normalized spacial score (nSPS) is 13.2.